The molecule has 5 heteroatoms. The van der Waals surface area contributed by atoms with Gasteiger partial charge in [-0.05, 0) is 50.2 Å². The summed E-state index contributed by atoms with van der Waals surface area (Å²) in [4.78, 5) is 27.5. The van der Waals surface area contributed by atoms with E-state index in [1.54, 1.807) is 7.11 Å². The van der Waals surface area contributed by atoms with E-state index < -0.39 is 0 Å². The van der Waals surface area contributed by atoms with Gasteiger partial charge in [-0.2, -0.15) is 0 Å². The number of hydrogen-bond donors (Lipinski definition) is 0. The summed E-state index contributed by atoms with van der Waals surface area (Å²) in [5, 5.41) is 0. The van der Waals surface area contributed by atoms with Crippen LogP contribution in [0.25, 0.3) is 0 Å². The number of para-hydroxylation sites is 2. The van der Waals surface area contributed by atoms with Gasteiger partial charge in [-0.3, -0.25) is 14.5 Å². The molecule has 2 aliphatic rings. The number of benzene rings is 1. The lowest BCUT2D eigenvalue weighted by atomic mass is 9.91. The largest absolute Gasteiger partial charge is 0.495 e. The first kappa shape index (κ1) is 17.8. The van der Waals surface area contributed by atoms with Gasteiger partial charge in [-0.15, -0.1) is 0 Å². The lowest BCUT2D eigenvalue weighted by Crippen LogP contribution is -2.41. The fourth-order valence-electron chi connectivity index (χ4n) is 3.94. The highest BCUT2D eigenvalue weighted by Crippen LogP contribution is 2.32. The number of amides is 2. The predicted molar refractivity (Wildman–Crippen MR) is 97.7 cm³/mol. The third-order valence-corrected chi connectivity index (χ3v) is 5.42. The summed E-state index contributed by atoms with van der Waals surface area (Å²) in [5.74, 6) is 1.65. The Bertz CT molecular complexity index is 593. The first-order valence-corrected chi connectivity index (χ1v) is 9.40. The van der Waals surface area contributed by atoms with Crippen LogP contribution in [-0.2, 0) is 9.59 Å². The number of piperidine rings is 2. The van der Waals surface area contributed by atoms with Crippen molar-refractivity contribution >= 4 is 17.5 Å². The lowest BCUT2D eigenvalue weighted by Gasteiger charge is -2.34. The molecule has 2 saturated heterocycles. The van der Waals surface area contributed by atoms with Gasteiger partial charge in [0.2, 0.25) is 11.8 Å². The first-order valence-electron chi connectivity index (χ1n) is 9.40. The third kappa shape index (κ3) is 4.33. The molecule has 0 unspecified atom stereocenters. The maximum atomic E-state index is 11.8. The van der Waals surface area contributed by atoms with E-state index in [9.17, 15) is 9.59 Å². The second-order valence-corrected chi connectivity index (χ2v) is 7.04. The smallest absolute Gasteiger partial charge is 0.229 e. The number of anilines is 1. The molecule has 0 aromatic heterocycles. The fourth-order valence-corrected chi connectivity index (χ4v) is 3.94. The van der Waals surface area contributed by atoms with Crippen LogP contribution in [0.2, 0.25) is 0 Å². The lowest BCUT2D eigenvalue weighted by molar-refractivity contribution is -0.148. The van der Waals surface area contributed by atoms with Gasteiger partial charge in [0.15, 0.2) is 0 Å². The molecule has 25 heavy (non-hydrogen) atoms. The molecule has 0 spiro atoms. The summed E-state index contributed by atoms with van der Waals surface area (Å²) in [6.45, 7) is 2.67. The van der Waals surface area contributed by atoms with Gasteiger partial charge in [0, 0.05) is 32.5 Å². The van der Waals surface area contributed by atoms with E-state index >= 15 is 0 Å². The number of methoxy groups -OCH3 is 1. The monoisotopic (exact) mass is 344 g/mol. The zero-order valence-corrected chi connectivity index (χ0v) is 15.1. The minimum absolute atomic E-state index is 0.0160. The van der Waals surface area contributed by atoms with Crippen molar-refractivity contribution in [3.05, 3.63) is 24.3 Å². The highest BCUT2D eigenvalue weighted by Gasteiger charge is 2.26. The van der Waals surface area contributed by atoms with E-state index in [1.165, 1.54) is 10.6 Å². The summed E-state index contributed by atoms with van der Waals surface area (Å²) in [6, 6.07) is 8.18. The number of imide groups is 1. The number of rotatable bonds is 6. The Balaban J connectivity index is 1.43. The molecule has 0 bridgehead atoms. The summed E-state index contributed by atoms with van der Waals surface area (Å²) in [6.07, 6.45) is 6.11. The van der Waals surface area contributed by atoms with E-state index in [1.807, 2.05) is 12.1 Å². The normalized spacial score (nSPS) is 19.4. The van der Waals surface area contributed by atoms with Crippen molar-refractivity contribution in [2.75, 3.05) is 31.6 Å². The molecule has 136 valence electrons. The van der Waals surface area contributed by atoms with Crippen LogP contribution in [0.15, 0.2) is 24.3 Å². The number of carbonyl (C=O) groups excluding carboxylic acids is 2. The van der Waals surface area contributed by atoms with Crippen LogP contribution in [0.1, 0.15) is 44.9 Å². The maximum absolute atomic E-state index is 11.8. The van der Waals surface area contributed by atoms with Gasteiger partial charge < -0.3 is 9.64 Å². The molecular formula is C20H28N2O3. The van der Waals surface area contributed by atoms with Crippen LogP contribution in [0, 0.1) is 5.92 Å². The first-order chi connectivity index (χ1) is 12.2. The molecule has 3 rings (SSSR count). The molecule has 1 aromatic carbocycles. The Morgan fingerprint density at radius 1 is 1.08 bits per heavy atom. The van der Waals surface area contributed by atoms with E-state index in [0.717, 1.165) is 50.9 Å². The molecule has 0 saturated carbocycles. The fraction of sp³-hybridized carbons (Fsp3) is 0.600. The standard InChI is InChI=1S/C20H28N2O3/c1-25-18-8-3-2-7-17(18)21-14-11-16(12-15-21)6-5-13-22-19(23)9-4-10-20(22)24/h2-3,7-8,16H,4-6,9-15H2,1H3. The van der Waals surface area contributed by atoms with Crippen molar-refractivity contribution < 1.29 is 14.3 Å². The average Bonchev–Trinajstić information content (AvgIpc) is 2.65. The van der Waals surface area contributed by atoms with E-state index in [2.05, 4.69) is 17.0 Å². The molecule has 2 aliphatic heterocycles. The van der Waals surface area contributed by atoms with Crippen LogP contribution in [0.4, 0.5) is 5.69 Å². The van der Waals surface area contributed by atoms with Crippen LogP contribution in [-0.4, -0.2) is 43.5 Å². The minimum atomic E-state index is 0.0160. The number of nitrogens with zero attached hydrogens (tertiary/aromatic N) is 2. The Morgan fingerprint density at radius 2 is 1.76 bits per heavy atom. The number of carbonyl (C=O) groups is 2. The minimum Gasteiger partial charge on any atom is -0.495 e. The summed E-state index contributed by atoms with van der Waals surface area (Å²) in [7, 11) is 1.72. The Morgan fingerprint density at radius 3 is 2.44 bits per heavy atom. The van der Waals surface area contributed by atoms with Crippen molar-refractivity contribution in [3.63, 3.8) is 0 Å². The SMILES string of the molecule is COc1ccccc1N1CCC(CCCN2C(=O)CCCC2=O)CC1. The van der Waals surface area contributed by atoms with Crippen LogP contribution < -0.4 is 9.64 Å². The number of ether oxygens (including phenoxy) is 1. The summed E-state index contributed by atoms with van der Waals surface area (Å²) in [5.41, 5.74) is 1.17. The molecule has 0 N–H and O–H groups in total. The predicted octanol–water partition coefficient (Wildman–Crippen LogP) is 3.23. The quantitative estimate of drug-likeness (QED) is 0.744. The molecule has 5 nitrogen and oxygen atoms in total. The molecule has 1 aromatic rings. The maximum Gasteiger partial charge on any atom is 0.229 e. The van der Waals surface area contributed by atoms with Gasteiger partial charge in [-0.1, -0.05) is 12.1 Å². The molecule has 0 atom stereocenters. The Hall–Kier alpha value is -2.04. The molecule has 0 aliphatic carbocycles. The molecule has 2 fully saturated rings. The highest BCUT2D eigenvalue weighted by molar-refractivity contribution is 5.97. The van der Waals surface area contributed by atoms with Crippen LogP contribution >= 0.6 is 0 Å². The number of hydrogen-bond acceptors (Lipinski definition) is 4. The van der Waals surface area contributed by atoms with Crippen molar-refractivity contribution in [2.24, 2.45) is 5.92 Å². The molecule has 0 radical (unpaired) electrons. The van der Waals surface area contributed by atoms with Crippen molar-refractivity contribution in [2.45, 2.75) is 44.9 Å². The summed E-state index contributed by atoms with van der Waals surface area (Å²) < 4.78 is 5.47. The van der Waals surface area contributed by atoms with E-state index in [4.69, 9.17) is 4.74 Å². The summed E-state index contributed by atoms with van der Waals surface area (Å²) >= 11 is 0. The second-order valence-electron chi connectivity index (χ2n) is 7.04. The van der Waals surface area contributed by atoms with Gasteiger partial charge in [-0.25, -0.2) is 0 Å². The van der Waals surface area contributed by atoms with Crippen molar-refractivity contribution in [3.8, 4) is 5.75 Å². The van der Waals surface area contributed by atoms with Gasteiger partial charge in [0.05, 0.1) is 12.8 Å². The van der Waals surface area contributed by atoms with Gasteiger partial charge in [0.1, 0.15) is 5.75 Å². The van der Waals surface area contributed by atoms with E-state index in [-0.39, 0.29) is 11.8 Å². The van der Waals surface area contributed by atoms with Gasteiger partial charge >= 0.3 is 0 Å². The molecule has 2 heterocycles. The average molecular weight is 344 g/mol. The number of likely N-dealkylation sites (tertiary alicyclic amines) is 1. The van der Waals surface area contributed by atoms with Gasteiger partial charge in [0.25, 0.3) is 0 Å². The zero-order chi connectivity index (χ0) is 17.6. The zero-order valence-electron chi connectivity index (χ0n) is 15.1. The van der Waals surface area contributed by atoms with E-state index in [0.29, 0.717) is 25.3 Å². The third-order valence-electron chi connectivity index (χ3n) is 5.42. The second kappa shape index (κ2) is 8.37. The topological polar surface area (TPSA) is 49.9 Å². The van der Waals surface area contributed by atoms with Crippen molar-refractivity contribution in [1.29, 1.82) is 0 Å². The molecule has 2 amide bonds. The highest BCUT2D eigenvalue weighted by atomic mass is 16.5. The Kier molecular flexibility index (Phi) is 5.95. The Labute approximate surface area is 149 Å². The van der Waals surface area contributed by atoms with Crippen LogP contribution in [0.5, 0.6) is 5.75 Å². The van der Waals surface area contributed by atoms with Crippen molar-refractivity contribution in [1.82, 2.24) is 4.90 Å². The molecular weight excluding hydrogens is 316 g/mol. The van der Waals surface area contributed by atoms with Crippen LogP contribution in [0.3, 0.4) is 0 Å².